The number of anilines is 1. The largest absolute Gasteiger partial charge is 0.506 e. The van der Waals surface area contributed by atoms with E-state index in [9.17, 15) is 25.1 Å². The number of unbranched alkanes of at least 4 members (excludes halogenated alkanes) is 9. The van der Waals surface area contributed by atoms with Crippen molar-refractivity contribution in [1.82, 2.24) is 0 Å². The number of nitro groups is 1. The third-order valence-corrected chi connectivity index (χ3v) is 7.98. The van der Waals surface area contributed by atoms with Gasteiger partial charge in [0.05, 0.1) is 29.4 Å². The topological polar surface area (TPSA) is 131 Å². The summed E-state index contributed by atoms with van der Waals surface area (Å²) in [6.45, 7) is 4.31. The molecule has 0 aliphatic rings. The zero-order chi connectivity index (χ0) is 32.9. The summed E-state index contributed by atoms with van der Waals surface area (Å²) >= 11 is 0. The number of nitrogens with one attached hydrogen (secondary N) is 1. The Morgan fingerprint density at radius 3 is 2.15 bits per heavy atom. The maximum Gasteiger partial charge on any atom is 0.311 e. The predicted octanol–water partition coefficient (Wildman–Crippen LogP) is 9.60. The van der Waals surface area contributed by atoms with Crippen LogP contribution in [-0.4, -0.2) is 27.7 Å². The number of amides is 1. The number of rotatable bonds is 18. The summed E-state index contributed by atoms with van der Waals surface area (Å²) in [5.74, 6) is -0.212. The van der Waals surface area contributed by atoms with E-state index in [1.807, 2.05) is 25.1 Å². The molecule has 0 aliphatic carbocycles. The molecule has 0 radical (unpaired) electrons. The van der Waals surface area contributed by atoms with Gasteiger partial charge in [0, 0.05) is 16.8 Å². The van der Waals surface area contributed by atoms with Crippen molar-refractivity contribution < 1.29 is 29.4 Å². The number of phenolic OH excluding ortho intramolecular Hbond substituents is 1. The number of carbonyl (C=O) groups is 1. The van der Waals surface area contributed by atoms with Crippen molar-refractivity contribution in [3.05, 3.63) is 93.5 Å². The fourth-order valence-corrected chi connectivity index (χ4v) is 5.42. The lowest BCUT2D eigenvalue weighted by molar-refractivity contribution is -0.385. The molecule has 0 saturated heterocycles. The van der Waals surface area contributed by atoms with Crippen molar-refractivity contribution in [1.29, 1.82) is 0 Å². The Labute approximate surface area is 270 Å². The van der Waals surface area contributed by atoms with E-state index in [2.05, 4.69) is 12.2 Å². The van der Waals surface area contributed by atoms with Crippen LogP contribution in [0, 0.1) is 17.0 Å². The van der Waals surface area contributed by atoms with E-state index in [4.69, 9.17) is 9.47 Å². The van der Waals surface area contributed by atoms with Gasteiger partial charge in [0.2, 0.25) is 5.75 Å². The van der Waals surface area contributed by atoms with Gasteiger partial charge in [-0.1, -0.05) is 101 Å². The van der Waals surface area contributed by atoms with E-state index in [-0.39, 0.29) is 35.1 Å². The number of phenols is 1. The predicted molar refractivity (Wildman–Crippen MR) is 181 cm³/mol. The normalized spacial score (nSPS) is 11.0. The minimum absolute atomic E-state index is 0.0641. The van der Waals surface area contributed by atoms with Crippen molar-refractivity contribution in [2.45, 2.75) is 84.7 Å². The molecule has 244 valence electrons. The van der Waals surface area contributed by atoms with Crippen molar-refractivity contribution in [3.8, 4) is 23.0 Å². The van der Waals surface area contributed by atoms with Gasteiger partial charge in [-0.2, -0.15) is 0 Å². The second kappa shape index (κ2) is 17.2. The molecular weight excluding hydrogens is 584 g/mol. The van der Waals surface area contributed by atoms with Crippen LogP contribution in [0.2, 0.25) is 0 Å². The minimum atomic E-state index is -0.598. The second-order valence-corrected chi connectivity index (χ2v) is 11.6. The standard InChI is InChI=1S/C37H44N2O7/c1-3-4-5-6-7-8-9-10-11-14-21-45-33-19-17-26(2)22-31(33)38-37(42)30-24-35(28-15-12-13-16-29(28)36(30)41)46-34-20-18-27(25-40)23-32(34)39(43)44/h12-13,15-20,22-24,40-41H,3-11,14,21,25H2,1-2H3,(H,38,42). The van der Waals surface area contributed by atoms with Crippen molar-refractivity contribution in [3.63, 3.8) is 0 Å². The summed E-state index contributed by atoms with van der Waals surface area (Å²) in [7, 11) is 0. The molecule has 4 rings (SSSR count). The molecule has 0 atom stereocenters. The summed E-state index contributed by atoms with van der Waals surface area (Å²) in [5.41, 5.74) is 1.36. The number of hydrogen-bond donors (Lipinski definition) is 3. The number of ether oxygens (including phenoxy) is 2. The average Bonchev–Trinajstić information content (AvgIpc) is 3.05. The summed E-state index contributed by atoms with van der Waals surface area (Å²) in [6.07, 6.45) is 12.2. The van der Waals surface area contributed by atoms with Crippen LogP contribution in [0.15, 0.2) is 66.7 Å². The number of hydrogen-bond acceptors (Lipinski definition) is 7. The number of benzene rings is 4. The monoisotopic (exact) mass is 628 g/mol. The van der Waals surface area contributed by atoms with E-state index in [0.29, 0.717) is 34.4 Å². The first-order chi connectivity index (χ1) is 22.3. The molecule has 0 unspecified atom stereocenters. The Morgan fingerprint density at radius 1 is 0.826 bits per heavy atom. The van der Waals surface area contributed by atoms with Crippen LogP contribution in [0.4, 0.5) is 11.4 Å². The first kappa shape index (κ1) is 34.2. The Balaban J connectivity index is 1.47. The van der Waals surface area contributed by atoms with E-state index in [1.54, 1.807) is 24.3 Å². The first-order valence-electron chi connectivity index (χ1n) is 16.2. The average molecular weight is 629 g/mol. The summed E-state index contributed by atoms with van der Waals surface area (Å²) < 4.78 is 12.1. The lowest BCUT2D eigenvalue weighted by atomic mass is 10.0. The highest BCUT2D eigenvalue weighted by Gasteiger charge is 2.22. The quantitative estimate of drug-likeness (QED) is 0.0568. The molecule has 4 aromatic carbocycles. The van der Waals surface area contributed by atoms with E-state index in [1.165, 1.54) is 75.6 Å². The molecule has 9 nitrogen and oxygen atoms in total. The highest BCUT2D eigenvalue weighted by molar-refractivity contribution is 6.11. The van der Waals surface area contributed by atoms with Crippen LogP contribution in [0.1, 0.15) is 92.6 Å². The van der Waals surface area contributed by atoms with Gasteiger partial charge in [-0.05, 0) is 48.7 Å². The summed E-state index contributed by atoms with van der Waals surface area (Å²) in [5, 5.41) is 36.0. The Bertz CT molecular complexity index is 1640. The van der Waals surface area contributed by atoms with Crippen molar-refractivity contribution in [2.75, 3.05) is 11.9 Å². The van der Waals surface area contributed by atoms with Crippen LogP contribution in [0.25, 0.3) is 10.8 Å². The van der Waals surface area contributed by atoms with E-state index in [0.717, 1.165) is 18.4 Å². The summed E-state index contributed by atoms with van der Waals surface area (Å²) in [4.78, 5) is 24.8. The van der Waals surface area contributed by atoms with Crippen molar-refractivity contribution >= 4 is 28.1 Å². The fraction of sp³-hybridized carbons (Fsp3) is 0.378. The Hall–Kier alpha value is -4.63. The molecule has 4 aromatic rings. The number of fused-ring (bicyclic) bond motifs is 1. The van der Waals surface area contributed by atoms with Crippen molar-refractivity contribution in [2.24, 2.45) is 0 Å². The third-order valence-electron chi connectivity index (χ3n) is 7.98. The molecule has 0 saturated carbocycles. The highest BCUT2D eigenvalue weighted by atomic mass is 16.6. The molecule has 1 amide bonds. The molecule has 0 aromatic heterocycles. The van der Waals surface area contributed by atoms with Gasteiger partial charge in [0.15, 0.2) is 0 Å². The van der Waals surface area contributed by atoms with E-state index < -0.39 is 10.8 Å². The molecule has 0 aliphatic heterocycles. The molecule has 0 heterocycles. The van der Waals surface area contributed by atoms with Gasteiger partial charge in [0.1, 0.15) is 17.2 Å². The van der Waals surface area contributed by atoms with Crippen LogP contribution in [0.3, 0.4) is 0 Å². The molecule has 3 N–H and O–H groups in total. The Kier molecular flexibility index (Phi) is 12.8. The number of aryl methyl sites for hydroxylation is 1. The van der Waals surface area contributed by atoms with E-state index >= 15 is 0 Å². The maximum absolute atomic E-state index is 13.6. The van der Waals surface area contributed by atoms with Crippen LogP contribution < -0.4 is 14.8 Å². The number of nitro benzene ring substituents is 1. The lowest BCUT2D eigenvalue weighted by Gasteiger charge is -2.16. The molecule has 46 heavy (non-hydrogen) atoms. The SMILES string of the molecule is CCCCCCCCCCCCOc1ccc(C)cc1NC(=O)c1cc(Oc2ccc(CO)cc2[N+](=O)[O-])c2ccccc2c1O. The van der Waals surface area contributed by atoms with Gasteiger partial charge in [-0.3, -0.25) is 14.9 Å². The van der Waals surface area contributed by atoms with Crippen LogP contribution in [-0.2, 0) is 6.61 Å². The number of carbonyl (C=O) groups excluding carboxylic acids is 1. The lowest BCUT2D eigenvalue weighted by Crippen LogP contribution is -2.14. The fourth-order valence-electron chi connectivity index (χ4n) is 5.42. The molecule has 0 fully saturated rings. The number of aliphatic hydroxyl groups is 1. The van der Waals surface area contributed by atoms with Gasteiger partial charge in [-0.25, -0.2) is 0 Å². The third kappa shape index (κ3) is 9.20. The molecular formula is C37H44N2O7. The number of aliphatic hydroxyl groups excluding tert-OH is 1. The smallest absolute Gasteiger partial charge is 0.311 e. The van der Waals surface area contributed by atoms with Gasteiger partial charge >= 0.3 is 5.69 Å². The molecule has 0 bridgehead atoms. The first-order valence-corrected chi connectivity index (χ1v) is 16.2. The minimum Gasteiger partial charge on any atom is -0.506 e. The molecule has 0 spiro atoms. The number of aromatic hydroxyl groups is 1. The van der Waals surface area contributed by atoms with Crippen LogP contribution >= 0.6 is 0 Å². The molecule has 9 heteroatoms. The van der Waals surface area contributed by atoms with Gasteiger partial charge < -0.3 is 25.0 Å². The highest BCUT2D eigenvalue weighted by Crippen LogP contribution is 2.41. The number of nitrogens with zero attached hydrogens (tertiary/aromatic N) is 1. The second-order valence-electron chi connectivity index (χ2n) is 11.6. The maximum atomic E-state index is 13.6. The zero-order valence-corrected chi connectivity index (χ0v) is 26.7. The zero-order valence-electron chi connectivity index (χ0n) is 26.7. The van der Waals surface area contributed by atoms with Gasteiger partial charge in [-0.15, -0.1) is 0 Å². The Morgan fingerprint density at radius 2 is 1.48 bits per heavy atom. The summed E-state index contributed by atoms with van der Waals surface area (Å²) in [6, 6.07) is 17.9. The van der Waals surface area contributed by atoms with Gasteiger partial charge in [0.25, 0.3) is 5.91 Å². The van der Waals surface area contributed by atoms with Crippen LogP contribution in [0.5, 0.6) is 23.0 Å².